The number of nitrogens with zero attached hydrogens (tertiary/aromatic N) is 4. The zero-order valence-electron chi connectivity index (χ0n) is 13.4. The van der Waals surface area contributed by atoms with Crippen molar-refractivity contribution < 1.29 is 17.9 Å². The summed E-state index contributed by atoms with van der Waals surface area (Å²) in [6, 6.07) is 0. The summed E-state index contributed by atoms with van der Waals surface area (Å²) in [5.41, 5.74) is 1.14. The number of thiazole rings is 1. The molecule has 0 saturated heterocycles. The molecule has 1 aliphatic heterocycles. The maximum atomic E-state index is 12.4. The van der Waals surface area contributed by atoms with E-state index in [0.29, 0.717) is 23.7 Å². The van der Waals surface area contributed by atoms with Gasteiger partial charge < -0.3 is 4.74 Å². The van der Waals surface area contributed by atoms with Crippen molar-refractivity contribution in [2.24, 2.45) is 7.05 Å². The molecular weight excluding hydrogens is 354 g/mol. The van der Waals surface area contributed by atoms with Crippen molar-refractivity contribution in [3.8, 4) is 5.88 Å². The molecule has 1 aliphatic rings. The van der Waals surface area contributed by atoms with E-state index in [-0.39, 0.29) is 18.3 Å². The lowest BCUT2D eigenvalue weighted by atomic mass is 10.2. The van der Waals surface area contributed by atoms with Crippen molar-refractivity contribution in [3.63, 3.8) is 0 Å². The fourth-order valence-electron chi connectivity index (χ4n) is 2.45. The Kier molecular flexibility index (Phi) is 4.32. The van der Waals surface area contributed by atoms with Gasteiger partial charge in [0.25, 0.3) is 5.91 Å². The van der Waals surface area contributed by atoms with Crippen molar-refractivity contribution in [1.82, 2.24) is 19.1 Å². The Hall–Kier alpha value is -1.98. The molecule has 0 radical (unpaired) electrons. The number of sulfonamides is 1. The van der Waals surface area contributed by atoms with Crippen molar-refractivity contribution in [1.29, 1.82) is 0 Å². The van der Waals surface area contributed by atoms with Gasteiger partial charge in [0.2, 0.25) is 15.9 Å². The predicted octanol–water partition coefficient (Wildman–Crippen LogP) is 0.455. The highest BCUT2D eigenvalue weighted by Gasteiger charge is 2.27. The van der Waals surface area contributed by atoms with Crippen molar-refractivity contribution in [2.75, 3.05) is 25.2 Å². The van der Waals surface area contributed by atoms with Crippen LogP contribution in [0.4, 0.5) is 5.13 Å². The minimum atomic E-state index is -3.23. The number of amides is 1. The molecular formula is C13H17N5O4S2. The molecule has 0 unspecified atom stereocenters. The van der Waals surface area contributed by atoms with Crippen LogP contribution >= 0.6 is 11.3 Å². The quantitative estimate of drug-likeness (QED) is 0.837. The molecule has 0 atom stereocenters. The standard InChI is InChI=1S/C13H17N5O4S2/c1-17-6-8(12(16-17)22-2)11(19)15-13-14-9-4-5-18(24(3,20)21)7-10(9)23-13/h6H,4-5,7H2,1-3H3,(H,14,15,19). The number of methoxy groups -OCH3 is 1. The van der Waals surface area contributed by atoms with Crippen LogP contribution in [-0.2, 0) is 30.0 Å². The van der Waals surface area contributed by atoms with E-state index in [1.54, 1.807) is 13.2 Å². The van der Waals surface area contributed by atoms with Gasteiger partial charge in [-0.15, -0.1) is 16.4 Å². The first-order valence-electron chi connectivity index (χ1n) is 7.10. The number of aryl methyl sites for hydroxylation is 1. The van der Waals surface area contributed by atoms with E-state index in [1.807, 2.05) is 0 Å². The van der Waals surface area contributed by atoms with E-state index < -0.39 is 10.0 Å². The van der Waals surface area contributed by atoms with Crippen LogP contribution in [0.1, 0.15) is 20.9 Å². The average molecular weight is 371 g/mol. The molecule has 0 saturated carbocycles. The highest BCUT2D eigenvalue weighted by atomic mass is 32.2. The number of carbonyl (C=O) groups is 1. The number of rotatable bonds is 4. The first-order chi connectivity index (χ1) is 11.3. The van der Waals surface area contributed by atoms with Gasteiger partial charge in [0.1, 0.15) is 5.56 Å². The monoisotopic (exact) mass is 371 g/mol. The fourth-order valence-corrected chi connectivity index (χ4v) is 4.33. The van der Waals surface area contributed by atoms with E-state index >= 15 is 0 Å². The molecule has 0 fully saturated rings. The van der Waals surface area contributed by atoms with Gasteiger partial charge in [-0.2, -0.15) is 4.31 Å². The van der Waals surface area contributed by atoms with Gasteiger partial charge in [-0.05, 0) is 0 Å². The van der Waals surface area contributed by atoms with Gasteiger partial charge in [0.15, 0.2) is 5.13 Å². The van der Waals surface area contributed by atoms with Crippen LogP contribution in [0.3, 0.4) is 0 Å². The molecule has 0 bridgehead atoms. The largest absolute Gasteiger partial charge is 0.479 e. The van der Waals surface area contributed by atoms with Crippen LogP contribution in [-0.4, -0.2) is 53.3 Å². The van der Waals surface area contributed by atoms with Gasteiger partial charge in [0, 0.05) is 37.6 Å². The molecule has 24 heavy (non-hydrogen) atoms. The summed E-state index contributed by atoms with van der Waals surface area (Å²) >= 11 is 1.28. The SMILES string of the molecule is COc1nn(C)cc1C(=O)Nc1nc2c(s1)CN(S(C)(=O)=O)CC2. The second-order valence-electron chi connectivity index (χ2n) is 5.42. The summed E-state index contributed by atoms with van der Waals surface area (Å²) in [5, 5.41) is 7.20. The highest BCUT2D eigenvalue weighted by Crippen LogP contribution is 2.30. The summed E-state index contributed by atoms with van der Waals surface area (Å²) in [6.07, 6.45) is 3.29. The number of ether oxygens (including phenoxy) is 1. The number of fused-ring (bicyclic) bond motifs is 1. The Balaban J connectivity index is 1.78. The first kappa shape index (κ1) is 16.9. The molecule has 0 aliphatic carbocycles. The molecule has 2 aromatic rings. The normalized spacial score (nSPS) is 15.1. The first-order valence-corrected chi connectivity index (χ1v) is 9.77. The van der Waals surface area contributed by atoms with Crippen LogP contribution in [0.5, 0.6) is 5.88 Å². The number of anilines is 1. The number of aromatic nitrogens is 3. The van der Waals surface area contributed by atoms with E-state index in [0.717, 1.165) is 10.6 Å². The Bertz CT molecular complexity index is 886. The van der Waals surface area contributed by atoms with E-state index in [2.05, 4.69) is 15.4 Å². The van der Waals surface area contributed by atoms with Gasteiger partial charge in [0.05, 0.1) is 19.1 Å². The van der Waals surface area contributed by atoms with Gasteiger partial charge in [-0.3, -0.25) is 14.8 Å². The van der Waals surface area contributed by atoms with Gasteiger partial charge >= 0.3 is 0 Å². The average Bonchev–Trinajstić information content (AvgIpc) is 3.07. The molecule has 1 N–H and O–H groups in total. The lowest BCUT2D eigenvalue weighted by molar-refractivity contribution is 0.102. The molecule has 0 aromatic carbocycles. The van der Waals surface area contributed by atoms with Crippen LogP contribution < -0.4 is 10.1 Å². The Labute approximate surface area is 143 Å². The second kappa shape index (κ2) is 6.15. The molecule has 130 valence electrons. The molecule has 3 rings (SSSR count). The second-order valence-corrected chi connectivity index (χ2v) is 8.48. The van der Waals surface area contributed by atoms with E-state index in [1.165, 1.54) is 33.7 Å². The number of hydrogen-bond donors (Lipinski definition) is 1. The smallest absolute Gasteiger partial charge is 0.264 e. The Morgan fingerprint density at radius 3 is 2.88 bits per heavy atom. The predicted molar refractivity (Wildman–Crippen MR) is 88.8 cm³/mol. The van der Waals surface area contributed by atoms with Crippen molar-refractivity contribution >= 4 is 32.4 Å². The third-order valence-electron chi connectivity index (χ3n) is 3.62. The fraction of sp³-hybridized carbons (Fsp3) is 0.462. The summed E-state index contributed by atoms with van der Waals surface area (Å²) in [6.45, 7) is 0.692. The summed E-state index contributed by atoms with van der Waals surface area (Å²) in [4.78, 5) is 17.6. The van der Waals surface area contributed by atoms with E-state index in [9.17, 15) is 13.2 Å². The molecule has 9 nitrogen and oxygen atoms in total. The van der Waals surface area contributed by atoms with Crippen molar-refractivity contribution in [3.05, 3.63) is 22.3 Å². The topological polar surface area (TPSA) is 106 Å². The maximum Gasteiger partial charge on any atom is 0.264 e. The van der Waals surface area contributed by atoms with Gasteiger partial charge in [-0.1, -0.05) is 0 Å². The van der Waals surface area contributed by atoms with Crippen LogP contribution in [0.15, 0.2) is 6.20 Å². The van der Waals surface area contributed by atoms with Gasteiger partial charge in [-0.25, -0.2) is 13.4 Å². The maximum absolute atomic E-state index is 12.4. The Morgan fingerprint density at radius 1 is 1.46 bits per heavy atom. The molecule has 3 heterocycles. The lowest BCUT2D eigenvalue weighted by Gasteiger charge is -2.23. The number of carbonyl (C=O) groups excluding carboxylic acids is 1. The third kappa shape index (κ3) is 3.28. The van der Waals surface area contributed by atoms with Crippen LogP contribution in [0, 0.1) is 0 Å². The lowest BCUT2D eigenvalue weighted by Crippen LogP contribution is -2.34. The highest BCUT2D eigenvalue weighted by molar-refractivity contribution is 7.88. The molecule has 1 amide bonds. The third-order valence-corrected chi connectivity index (χ3v) is 5.87. The van der Waals surface area contributed by atoms with Crippen molar-refractivity contribution in [2.45, 2.75) is 13.0 Å². The minimum Gasteiger partial charge on any atom is -0.479 e. The van der Waals surface area contributed by atoms with Crippen LogP contribution in [0.25, 0.3) is 0 Å². The van der Waals surface area contributed by atoms with E-state index in [4.69, 9.17) is 4.74 Å². The Morgan fingerprint density at radius 2 is 2.21 bits per heavy atom. The van der Waals surface area contributed by atoms with Crippen LogP contribution in [0.2, 0.25) is 0 Å². The minimum absolute atomic E-state index is 0.236. The molecule has 0 spiro atoms. The zero-order chi connectivity index (χ0) is 17.5. The molecule has 11 heteroatoms. The zero-order valence-corrected chi connectivity index (χ0v) is 15.1. The summed E-state index contributed by atoms with van der Waals surface area (Å²) in [5.74, 6) is -0.134. The number of hydrogen-bond acceptors (Lipinski definition) is 7. The number of nitrogens with one attached hydrogen (secondary N) is 1. The summed E-state index contributed by atoms with van der Waals surface area (Å²) in [7, 11) is -0.0933. The summed E-state index contributed by atoms with van der Waals surface area (Å²) < 4.78 is 31.3. The molecule has 2 aromatic heterocycles.